The van der Waals surface area contributed by atoms with E-state index in [0.29, 0.717) is 10.9 Å². The van der Waals surface area contributed by atoms with Crippen molar-refractivity contribution in [3.05, 3.63) is 71.6 Å². The molecule has 12 heteroatoms. The Morgan fingerprint density at radius 1 is 1.14 bits per heavy atom. The molecule has 5 rings (SSSR count). The molecule has 0 saturated heterocycles. The predicted octanol–water partition coefficient (Wildman–Crippen LogP) is 3.60. The number of nitrogens with one attached hydrogen (secondary N) is 1. The predicted molar refractivity (Wildman–Crippen MR) is 124 cm³/mol. The van der Waals surface area contributed by atoms with Crippen LogP contribution >= 0.6 is 0 Å². The second-order valence-electron chi connectivity index (χ2n) is 7.71. The second-order valence-corrected chi connectivity index (χ2v) is 7.71. The summed E-state index contributed by atoms with van der Waals surface area (Å²) in [6.07, 6.45) is 2.93. The number of hydrogen-bond acceptors (Lipinski definition) is 9. The molecule has 1 amide bonds. The topological polar surface area (TPSA) is 153 Å². The van der Waals surface area contributed by atoms with Gasteiger partial charge in [0.2, 0.25) is 5.88 Å². The molecule has 0 spiro atoms. The second kappa shape index (κ2) is 8.98. The fourth-order valence-electron chi connectivity index (χ4n) is 3.89. The zero-order chi connectivity index (χ0) is 25.4. The summed E-state index contributed by atoms with van der Waals surface area (Å²) in [5.41, 5.74) is 0.829. The number of aromatic nitrogens is 4. The molecule has 2 aromatic carbocycles. The lowest BCUT2D eigenvalue weighted by Gasteiger charge is -2.09. The molecule has 11 nitrogen and oxygen atoms in total. The highest BCUT2D eigenvalue weighted by Gasteiger charge is 2.26. The number of pyridine rings is 1. The molecule has 0 fully saturated rings. The normalized spacial score (nSPS) is 11.2. The van der Waals surface area contributed by atoms with Gasteiger partial charge in [-0.1, -0.05) is 28.4 Å². The molecule has 0 atom stereocenters. The van der Waals surface area contributed by atoms with Gasteiger partial charge in [-0.3, -0.25) is 15.1 Å². The highest BCUT2D eigenvalue weighted by atomic mass is 19.1. The summed E-state index contributed by atoms with van der Waals surface area (Å²) in [7, 11) is 0. The van der Waals surface area contributed by atoms with Gasteiger partial charge in [0.15, 0.2) is 5.75 Å². The van der Waals surface area contributed by atoms with E-state index in [2.05, 4.69) is 20.5 Å². The number of aromatic hydroxyl groups is 2. The van der Waals surface area contributed by atoms with E-state index in [-0.39, 0.29) is 52.6 Å². The standard InChI is InChI=1S/C24H18FN5O6/c1-2-35-23(34)21-28-29-24(36-21)27-20(32)16-14-4-3-9-26-18(14)19(31)17-15(16)11-30(22(17)33)10-12-5-7-13(25)8-6-12/h3-9,11,31,33H,2,10H2,1H3,(H,27,29,32). The fourth-order valence-corrected chi connectivity index (χ4v) is 3.89. The number of esters is 1. The minimum atomic E-state index is -0.838. The van der Waals surface area contributed by atoms with Crippen molar-refractivity contribution < 1.29 is 33.3 Å². The summed E-state index contributed by atoms with van der Waals surface area (Å²) in [6.45, 7) is 1.85. The summed E-state index contributed by atoms with van der Waals surface area (Å²) in [4.78, 5) is 29.3. The molecule has 0 aliphatic heterocycles. The van der Waals surface area contributed by atoms with Crippen molar-refractivity contribution in [3.8, 4) is 11.6 Å². The van der Waals surface area contributed by atoms with Gasteiger partial charge in [-0.05, 0) is 30.7 Å². The van der Waals surface area contributed by atoms with Gasteiger partial charge < -0.3 is 23.9 Å². The number of carbonyl (C=O) groups is 2. The number of benzene rings is 2. The highest BCUT2D eigenvalue weighted by molar-refractivity contribution is 6.24. The Balaban J connectivity index is 1.61. The van der Waals surface area contributed by atoms with E-state index < -0.39 is 23.6 Å². The number of rotatable bonds is 6. The number of phenols is 1. The zero-order valence-corrected chi connectivity index (χ0v) is 18.7. The van der Waals surface area contributed by atoms with Crippen LogP contribution in [0.3, 0.4) is 0 Å². The molecule has 0 radical (unpaired) electrons. The number of carbonyl (C=O) groups excluding carboxylic acids is 2. The van der Waals surface area contributed by atoms with Crippen LogP contribution in [0, 0.1) is 5.82 Å². The summed E-state index contributed by atoms with van der Waals surface area (Å²) in [5, 5.41) is 32.0. The maximum Gasteiger partial charge on any atom is 0.396 e. The van der Waals surface area contributed by atoms with Gasteiger partial charge in [0.05, 0.1) is 24.1 Å². The maximum atomic E-state index is 13.4. The average Bonchev–Trinajstić information content (AvgIpc) is 3.46. The van der Waals surface area contributed by atoms with Gasteiger partial charge in [0, 0.05) is 23.2 Å². The fraction of sp³-hybridized carbons (Fsp3) is 0.125. The number of ether oxygens (including phenoxy) is 1. The number of amides is 1. The van der Waals surface area contributed by atoms with Gasteiger partial charge in [0.25, 0.3) is 5.91 Å². The number of fused-ring (bicyclic) bond motifs is 2. The van der Waals surface area contributed by atoms with Gasteiger partial charge in [0.1, 0.15) is 11.3 Å². The molecule has 3 heterocycles. The number of halogens is 1. The highest BCUT2D eigenvalue weighted by Crippen LogP contribution is 2.42. The van der Waals surface area contributed by atoms with Gasteiger partial charge >= 0.3 is 17.9 Å². The zero-order valence-electron chi connectivity index (χ0n) is 18.7. The lowest BCUT2D eigenvalue weighted by atomic mass is 10.0. The van der Waals surface area contributed by atoms with Crippen LogP contribution in [0.5, 0.6) is 11.6 Å². The van der Waals surface area contributed by atoms with Crippen LogP contribution in [0.25, 0.3) is 21.7 Å². The van der Waals surface area contributed by atoms with E-state index in [4.69, 9.17) is 9.15 Å². The number of nitrogens with zero attached hydrogens (tertiary/aromatic N) is 4. The third-order valence-electron chi connectivity index (χ3n) is 5.45. The summed E-state index contributed by atoms with van der Waals surface area (Å²) < 4.78 is 24.7. The van der Waals surface area contributed by atoms with Crippen molar-refractivity contribution in [2.45, 2.75) is 13.5 Å². The molecule has 3 aromatic heterocycles. The van der Waals surface area contributed by atoms with E-state index in [1.807, 2.05) is 0 Å². The number of hydrogen-bond donors (Lipinski definition) is 3. The molecule has 3 N–H and O–H groups in total. The number of phenolic OH excluding ortho intramolecular Hbond substituents is 1. The Morgan fingerprint density at radius 2 is 1.92 bits per heavy atom. The minimum Gasteiger partial charge on any atom is -0.505 e. The molecule has 182 valence electrons. The lowest BCUT2D eigenvalue weighted by Crippen LogP contribution is -2.13. The smallest absolute Gasteiger partial charge is 0.396 e. The largest absolute Gasteiger partial charge is 0.505 e. The van der Waals surface area contributed by atoms with E-state index >= 15 is 0 Å². The van der Waals surface area contributed by atoms with E-state index in [1.54, 1.807) is 31.2 Å². The van der Waals surface area contributed by atoms with Crippen LogP contribution in [-0.2, 0) is 11.3 Å². The van der Waals surface area contributed by atoms with Crippen LogP contribution in [0.4, 0.5) is 10.4 Å². The molecule has 0 bridgehead atoms. The van der Waals surface area contributed by atoms with Crippen molar-refractivity contribution in [1.82, 2.24) is 19.7 Å². The van der Waals surface area contributed by atoms with Crippen LogP contribution in [0.1, 0.15) is 33.5 Å². The molecule has 0 unspecified atom stereocenters. The first-order chi connectivity index (χ1) is 17.4. The van der Waals surface area contributed by atoms with Crippen LogP contribution < -0.4 is 5.32 Å². The summed E-state index contributed by atoms with van der Waals surface area (Å²) in [5.74, 6) is -3.00. The first-order valence-electron chi connectivity index (χ1n) is 10.7. The van der Waals surface area contributed by atoms with Crippen molar-refractivity contribution in [1.29, 1.82) is 0 Å². The molecule has 0 aliphatic rings. The van der Waals surface area contributed by atoms with E-state index in [9.17, 15) is 24.2 Å². The summed E-state index contributed by atoms with van der Waals surface area (Å²) in [6, 6.07) is 8.52. The van der Waals surface area contributed by atoms with E-state index in [1.165, 1.54) is 29.1 Å². The van der Waals surface area contributed by atoms with Crippen molar-refractivity contribution in [3.63, 3.8) is 0 Å². The first kappa shape index (κ1) is 22.8. The third kappa shape index (κ3) is 3.94. The molecule has 0 saturated carbocycles. The minimum absolute atomic E-state index is 0.00574. The molecular formula is C24H18FN5O6. The maximum absolute atomic E-state index is 13.4. The Morgan fingerprint density at radius 3 is 2.67 bits per heavy atom. The Bertz CT molecular complexity index is 1630. The quantitative estimate of drug-likeness (QED) is 0.302. The monoisotopic (exact) mass is 491 g/mol. The van der Waals surface area contributed by atoms with Crippen molar-refractivity contribution >= 4 is 39.6 Å². The number of anilines is 1. The molecular weight excluding hydrogens is 473 g/mol. The molecule has 36 heavy (non-hydrogen) atoms. The SMILES string of the molecule is CCOC(=O)c1nnc(NC(=O)c2c3cccnc3c(O)c3c(O)n(Cc4ccc(F)cc4)cc23)o1. The van der Waals surface area contributed by atoms with Gasteiger partial charge in [-0.2, -0.15) is 0 Å². The lowest BCUT2D eigenvalue weighted by molar-refractivity contribution is 0.0481. The first-order valence-corrected chi connectivity index (χ1v) is 10.7. The van der Waals surface area contributed by atoms with E-state index in [0.717, 1.165) is 0 Å². The average molecular weight is 491 g/mol. The summed E-state index contributed by atoms with van der Waals surface area (Å²) >= 11 is 0. The Kier molecular flexibility index (Phi) is 5.68. The molecule has 5 aromatic rings. The third-order valence-corrected chi connectivity index (χ3v) is 5.45. The van der Waals surface area contributed by atoms with Crippen molar-refractivity contribution in [2.24, 2.45) is 0 Å². The Labute approximate surface area is 201 Å². The van der Waals surface area contributed by atoms with Gasteiger partial charge in [-0.25, -0.2) is 9.18 Å². The van der Waals surface area contributed by atoms with Crippen LogP contribution in [0.2, 0.25) is 0 Å². The van der Waals surface area contributed by atoms with Crippen molar-refractivity contribution in [2.75, 3.05) is 11.9 Å². The molecule has 0 aliphatic carbocycles. The van der Waals surface area contributed by atoms with Crippen LogP contribution in [-0.4, -0.2) is 48.4 Å². The van der Waals surface area contributed by atoms with Crippen LogP contribution in [0.15, 0.2) is 53.2 Å². The van der Waals surface area contributed by atoms with Gasteiger partial charge in [-0.15, -0.1) is 0 Å². The Hall–Kier alpha value is -5.00.